The Morgan fingerprint density at radius 1 is 0.368 bits per heavy atom. The highest BCUT2D eigenvalue weighted by molar-refractivity contribution is 6.07. The second-order valence-electron chi connectivity index (χ2n) is 38.1. The number of likely N-dealkylation sites (N-methyl/N-ethyl adjacent to an activating group) is 2. The molecule has 30 nitrogen and oxygen atoms in total. The van der Waals surface area contributed by atoms with E-state index in [1.54, 1.807) is 61.2 Å². The number of benzene rings is 4. The first-order valence-electron chi connectivity index (χ1n) is 51.8. The molecule has 144 heavy (non-hydrogen) atoms. The fourth-order valence-electron chi connectivity index (χ4n) is 19.2. The molecule has 6 fully saturated rings. The Hall–Kier alpha value is -14.5. The van der Waals surface area contributed by atoms with Crippen LogP contribution in [-0.2, 0) is 24.1 Å². The van der Waals surface area contributed by atoms with Gasteiger partial charge in [-0.2, -0.15) is 0 Å². The molecule has 0 unspecified atom stereocenters. The smallest absolute Gasteiger partial charge is 0.271 e. The zero-order valence-electron chi connectivity index (χ0n) is 83.7. The Balaban J connectivity index is 0.000000144. The summed E-state index contributed by atoms with van der Waals surface area (Å²) >= 11 is 0. The van der Waals surface area contributed by atoms with E-state index < -0.39 is 0 Å². The van der Waals surface area contributed by atoms with Crippen molar-refractivity contribution in [1.82, 2.24) is 60.3 Å². The van der Waals surface area contributed by atoms with E-state index in [1.807, 2.05) is 153 Å². The molecule has 0 saturated carbocycles. The van der Waals surface area contributed by atoms with Crippen LogP contribution >= 0.6 is 0 Å². The van der Waals surface area contributed by atoms with Crippen LogP contribution in [0.5, 0.6) is 0 Å². The zero-order valence-corrected chi connectivity index (χ0v) is 83.7. The van der Waals surface area contributed by atoms with E-state index in [-0.39, 0.29) is 74.5 Å². The number of amides is 5. The molecule has 0 aliphatic carbocycles. The summed E-state index contributed by atoms with van der Waals surface area (Å²) < 4.78 is 0. The van der Waals surface area contributed by atoms with Gasteiger partial charge in [-0.1, -0.05) is 38.1 Å². The van der Waals surface area contributed by atoms with E-state index in [4.69, 9.17) is 15.0 Å². The summed E-state index contributed by atoms with van der Waals surface area (Å²) in [5, 5.41) is 17.3. The number of nitrogens with one attached hydrogen (secondary N) is 10. The molecule has 5 amide bonds. The molecule has 14 heterocycles. The van der Waals surface area contributed by atoms with Crippen LogP contribution in [0.4, 0.5) is 51.3 Å². The van der Waals surface area contributed by atoms with Crippen molar-refractivity contribution in [1.29, 1.82) is 0 Å². The van der Waals surface area contributed by atoms with Gasteiger partial charge >= 0.3 is 0 Å². The first-order chi connectivity index (χ1) is 70.3. The summed E-state index contributed by atoms with van der Waals surface area (Å²) in [6.07, 6.45) is 31.9. The van der Waals surface area contributed by atoms with E-state index in [2.05, 4.69) is 117 Å². The second kappa shape index (κ2) is 53.0. The fourth-order valence-corrected chi connectivity index (χ4v) is 19.2. The number of hydrogen-bond donors (Lipinski definition) is 10. The van der Waals surface area contributed by atoms with Crippen LogP contribution in [0.15, 0.2) is 238 Å². The molecule has 6 aliphatic rings. The van der Waals surface area contributed by atoms with Gasteiger partial charge in [0.25, 0.3) is 45.9 Å². The van der Waals surface area contributed by atoms with Gasteiger partial charge in [0.05, 0.1) is 22.8 Å². The zero-order chi connectivity index (χ0) is 100. The van der Waals surface area contributed by atoms with E-state index in [0.717, 1.165) is 216 Å². The lowest BCUT2D eigenvalue weighted by atomic mass is 9.92. The van der Waals surface area contributed by atoms with Crippen molar-refractivity contribution in [2.45, 2.75) is 162 Å². The maximum atomic E-state index is 12.9. The number of H-pyrrole nitrogens is 4. The van der Waals surface area contributed by atoms with E-state index in [9.17, 15) is 43.2 Å². The van der Waals surface area contributed by atoms with Crippen LogP contribution in [0.25, 0.3) is 45.0 Å². The molecule has 0 bridgehead atoms. The summed E-state index contributed by atoms with van der Waals surface area (Å²) in [4.78, 5) is 159. The maximum Gasteiger partial charge on any atom is 0.271 e. The van der Waals surface area contributed by atoms with E-state index in [1.165, 1.54) is 123 Å². The predicted molar refractivity (Wildman–Crippen MR) is 579 cm³/mol. The number of aryl methyl sites for hydroxylation is 3. The molecular formula is C114H139N21O9. The molecule has 0 spiro atoms. The quantitative estimate of drug-likeness (QED) is 0.0171. The van der Waals surface area contributed by atoms with Crippen molar-refractivity contribution in [2.24, 2.45) is 5.92 Å². The van der Waals surface area contributed by atoms with Gasteiger partial charge in [0.15, 0.2) is 0 Å². The summed E-state index contributed by atoms with van der Waals surface area (Å²) in [6, 6.07) is 60.6. The Morgan fingerprint density at radius 2 is 0.681 bits per heavy atom. The molecule has 0 atom stereocenters. The lowest BCUT2D eigenvalue weighted by molar-refractivity contribution is -0.118. The summed E-state index contributed by atoms with van der Waals surface area (Å²) in [7, 11) is 2.03. The summed E-state index contributed by atoms with van der Waals surface area (Å²) in [5.74, 6) is 0.310. The summed E-state index contributed by atoms with van der Waals surface area (Å²) in [5.41, 5.74) is 14.9. The largest absolute Gasteiger partial charge is 0.372 e. The first kappa shape index (κ1) is 104. The van der Waals surface area contributed by atoms with E-state index in [0.29, 0.717) is 46.5 Å². The number of piperidine rings is 5. The molecular weight excluding hydrogens is 1810 g/mol. The lowest BCUT2D eigenvalue weighted by Gasteiger charge is -2.28. The molecule has 30 heteroatoms. The van der Waals surface area contributed by atoms with Crippen LogP contribution in [-0.4, -0.2) is 204 Å². The highest BCUT2D eigenvalue weighted by Crippen LogP contribution is 2.31. The first-order valence-corrected chi connectivity index (χ1v) is 51.8. The van der Waals surface area contributed by atoms with Gasteiger partial charge in [-0.3, -0.25) is 58.1 Å². The van der Waals surface area contributed by atoms with Gasteiger partial charge in [-0.15, -0.1) is 0 Å². The number of carbonyl (C=O) groups excluding carboxylic acids is 5. The minimum Gasteiger partial charge on any atom is -0.372 e. The van der Waals surface area contributed by atoms with Crippen LogP contribution in [0.1, 0.15) is 201 Å². The SMILES string of the molecule is CC(=O)NCCCc1cccc(-c2c[nH]c(=O)c(NC(=O)c3ccc(N4CCCCC4)cc3)c2)n1.CCN(CC)CCN(C)c1cccc(-c2c[nH]c(=O)c(NC(=O)c3ccc(N4CCCCC4)cc3)c2)n1.O=C(Nc1cc(-c2cccc(CCC3CCNCC3)n2)c[nH]c1=O)c1ccc(N2CCCCC2)cc1.O=C(Nc1cc(-c2cccc(CCCN3CCCC3)n2)c[nH]c1=O)c1ccc(N2CCCCC2)cc1. The van der Waals surface area contributed by atoms with Crippen LogP contribution in [0.3, 0.4) is 0 Å². The molecule has 18 rings (SSSR count). The van der Waals surface area contributed by atoms with Crippen molar-refractivity contribution in [2.75, 3.05) is 171 Å². The van der Waals surface area contributed by atoms with E-state index >= 15 is 0 Å². The van der Waals surface area contributed by atoms with Gasteiger partial charge in [0.1, 0.15) is 28.6 Å². The molecule has 4 aromatic carbocycles. The minimum atomic E-state index is -0.376. The number of pyridine rings is 8. The molecule has 754 valence electrons. The number of likely N-dealkylation sites (tertiary alicyclic amines) is 1. The monoisotopic (exact) mass is 1950 g/mol. The molecule has 12 aromatic rings. The van der Waals surface area contributed by atoms with Crippen LogP contribution < -0.4 is 78.6 Å². The average molecular weight is 1950 g/mol. The summed E-state index contributed by atoms with van der Waals surface area (Å²) in [6.45, 7) is 24.4. The Labute approximate surface area is 843 Å². The number of carbonyl (C=O) groups is 5. The number of aromatic amines is 4. The van der Waals surface area contributed by atoms with Gasteiger partial charge in [0.2, 0.25) is 5.91 Å². The number of nitrogens with zero attached hydrogens (tertiary/aromatic N) is 11. The third-order valence-electron chi connectivity index (χ3n) is 27.7. The number of hydrogen-bond acceptors (Lipinski definition) is 21. The molecule has 0 radical (unpaired) electrons. The normalized spacial score (nSPS) is 15.0. The Morgan fingerprint density at radius 3 is 1.01 bits per heavy atom. The predicted octanol–water partition coefficient (Wildman–Crippen LogP) is 17.5. The second-order valence-corrected chi connectivity index (χ2v) is 38.1. The fraction of sp³-hybridized carbons (Fsp3) is 0.395. The highest BCUT2D eigenvalue weighted by atomic mass is 16.2. The number of rotatable bonds is 33. The molecule has 8 aromatic heterocycles. The topological polar surface area (TPSA) is 363 Å². The standard InChI is InChI=1S/C29H38N6O2.2C29H35N5O2.C27H31N5O3/c1-4-34(5-2)19-18-33(3)27-11-9-10-25(31-27)23-20-26(29(37)30-21-23)32-28(36)22-12-14-24(15-13-22)35-16-7-6-8-17-35;35-28(22-11-13-25(14-12-22)34-18-2-1-3-19-34)32-27-20-23(21-30-29(27)36)26-10-6-8-24(31-26)9-7-17-33-15-4-5-16-33;35-28(22-8-11-25(12-9-22)34-17-2-1-3-18-34)33-27-19-23(20-31-29(27)36)26-6-4-5-24(32-26)10-7-21-13-15-30-16-14-21;1-19(33)28-14-6-8-22-7-5-9-24(30-22)21-17-25(27(35)29-18-21)31-26(34)20-10-12-23(13-11-20)32-15-3-2-4-16-32/h9-15,20-21H,4-8,16-19H2,1-3H3,(H,30,37)(H,32,36);6,8,10-14,20-21H,1-5,7,9,15-19H2,(H,30,36)(H,32,35);4-6,8-9,11-12,19-21,30H,1-3,7,10,13-18H2,(H,31,36)(H,33,35);5,7,9-13,17-18H,2-4,6,8,14-16H2,1H3,(H,28,33)(H,29,35)(H,31,34). The van der Waals surface area contributed by atoms with Gasteiger partial charge < -0.3 is 86.1 Å². The molecule has 6 saturated heterocycles. The Kier molecular flexibility index (Phi) is 38.2. The van der Waals surface area contributed by atoms with Crippen molar-refractivity contribution in [3.8, 4) is 45.0 Å². The number of anilines is 9. The van der Waals surface area contributed by atoms with Crippen molar-refractivity contribution in [3.63, 3.8) is 0 Å². The van der Waals surface area contributed by atoms with Crippen LogP contribution in [0.2, 0.25) is 0 Å². The third kappa shape index (κ3) is 30.3. The lowest BCUT2D eigenvalue weighted by Crippen LogP contribution is -2.33. The minimum absolute atomic E-state index is 0.0486. The average Bonchev–Trinajstić information content (AvgIpc) is 0.878. The van der Waals surface area contributed by atoms with Crippen molar-refractivity contribution < 1.29 is 24.0 Å². The van der Waals surface area contributed by atoms with Crippen molar-refractivity contribution in [3.05, 3.63) is 300 Å². The highest BCUT2D eigenvalue weighted by Gasteiger charge is 2.24. The van der Waals surface area contributed by atoms with Crippen LogP contribution in [0, 0.1) is 5.92 Å². The molecule has 10 N–H and O–H groups in total. The molecule has 6 aliphatic heterocycles. The van der Waals surface area contributed by atoms with Gasteiger partial charge in [-0.05, 0) is 363 Å². The van der Waals surface area contributed by atoms with Gasteiger partial charge in [-0.25, -0.2) is 4.98 Å². The van der Waals surface area contributed by atoms with Gasteiger partial charge in [0, 0.05) is 195 Å². The Bertz CT molecular complexity index is 6470. The maximum absolute atomic E-state index is 12.9. The number of aromatic nitrogens is 8. The third-order valence-corrected chi connectivity index (χ3v) is 27.7. The van der Waals surface area contributed by atoms with Crippen molar-refractivity contribution >= 4 is 80.9 Å².